The third kappa shape index (κ3) is 3.34. The van der Waals surface area contributed by atoms with Crippen LogP contribution in [0.25, 0.3) is 11.1 Å². The first-order valence-corrected chi connectivity index (χ1v) is 9.31. The van der Waals surface area contributed by atoms with Crippen molar-refractivity contribution in [3.63, 3.8) is 0 Å². The Morgan fingerprint density at radius 1 is 0.516 bits per heavy atom. The molecule has 1 aliphatic rings. The summed E-state index contributed by atoms with van der Waals surface area (Å²) in [5, 5.41) is 0. The van der Waals surface area contributed by atoms with Crippen LogP contribution in [0.5, 0.6) is 0 Å². The first-order chi connectivity index (χ1) is 14.7. The number of rotatable bonds is 3. The predicted molar refractivity (Wildman–Crippen MR) is 108 cm³/mol. The lowest BCUT2D eigenvalue weighted by Gasteiger charge is -2.34. The SMILES string of the molecule is FC(F)(F)C1(C(F)(F)F)N=C(c2ccccc2)C(c2ccccc2)=C1c1ccccc1. The van der Waals surface area contributed by atoms with Crippen molar-refractivity contribution in [1.29, 1.82) is 0 Å². The smallest absolute Gasteiger partial charge is 0.254 e. The van der Waals surface area contributed by atoms with Gasteiger partial charge in [-0.25, -0.2) is 0 Å². The molecule has 0 radical (unpaired) electrons. The van der Waals surface area contributed by atoms with Crippen molar-refractivity contribution < 1.29 is 26.3 Å². The highest BCUT2D eigenvalue weighted by molar-refractivity contribution is 6.40. The Hall–Kier alpha value is -3.35. The van der Waals surface area contributed by atoms with Crippen molar-refractivity contribution in [2.75, 3.05) is 0 Å². The molecule has 0 amide bonds. The molecule has 0 atom stereocenters. The van der Waals surface area contributed by atoms with E-state index in [4.69, 9.17) is 0 Å². The summed E-state index contributed by atoms with van der Waals surface area (Å²) < 4.78 is 86.2. The lowest BCUT2D eigenvalue weighted by atomic mass is 9.80. The topological polar surface area (TPSA) is 12.4 Å². The fourth-order valence-corrected chi connectivity index (χ4v) is 3.80. The van der Waals surface area contributed by atoms with Gasteiger partial charge >= 0.3 is 12.4 Å². The zero-order valence-electron chi connectivity index (χ0n) is 15.9. The molecular weight excluding hydrogens is 416 g/mol. The van der Waals surface area contributed by atoms with Crippen LogP contribution in [0.3, 0.4) is 0 Å². The van der Waals surface area contributed by atoms with Gasteiger partial charge in [0.2, 0.25) is 0 Å². The second kappa shape index (κ2) is 7.41. The fourth-order valence-electron chi connectivity index (χ4n) is 3.80. The lowest BCUT2D eigenvalue weighted by molar-refractivity contribution is -0.273. The normalized spacial score (nSPS) is 16.4. The summed E-state index contributed by atoms with van der Waals surface area (Å²) in [5.41, 5.74) is -5.64. The molecule has 0 spiro atoms. The molecule has 3 aromatic rings. The van der Waals surface area contributed by atoms with Gasteiger partial charge in [0.05, 0.1) is 5.71 Å². The molecule has 1 heterocycles. The van der Waals surface area contributed by atoms with Crippen LogP contribution in [0.1, 0.15) is 16.7 Å². The maximum Gasteiger partial charge on any atom is 0.426 e. The van der Waals surface area contributed by atoms with E-state index in [2.05, 4.69) is 4.99 Å². The molecule has 0 saturated carbocycles. The maximum absolute atomic E-state index is 14.4. The van der Waals surface area contributed by atoms with Crippen molar-refractivity contribution >= 4 is 16.9 Å². The summed E-state index contributed by atoms with van der Waals surface area (Å²) in [6.07, 6.45) is -11.4. The zero-order valence-corrected chi connectivity index (χ0v) is 15.9. The first kappa shape index (κ1) is 20.9. The standard InChI is InChI=1S/C24H15F6N/c25-23(26,27)22(24(28,29)30)20(17-12-6-2-7-13-17)19(16-10-4-1-5-11-16)21(31-22)18-14-8-3-9-15-18/h1-15H. The first-order valence-electron chi connectivity index (χ1n) is 9.31. The molecule has 0 bridgehead atoms. The van der Waals surface area contributed by atoms with Gasteiger partial charge < -0.3 is 0 Å². The molecule has 4 rings (SSSR count). The Kier molecular flexibility index (Phi) is 5.00. The van der Waals surface area contributed by atoms with Crippen LogP contribution in [0.4, 0.5) is 26.3 Å². The van der Waals surface area contributed by atoms with Gasteiger partial charge in [0.15, 0.2) is 0 Å². The van der Waals surface area contributed by atoms with E-state index in [1.54, 1.807) is 36.4 Å². The van der Waals surface area contributed by atoms with E-state index < -0.39 is 23.5 Å². The second-order valence-electron chi connectivity index (χ2n) is 7.01. The maximum atomic E-state index is 14.4. The largest absolute Gasteiger partial charge is 0.426 e. The number of aliphatic imine (C=N–C) groups is 1. The van der Waals surface area contributed by atoms with Gasteiger partial charge in [-0.3, -0.25) is 4.99 Å². The summed E-state index contributed by atoms with van der Waals surface area (Å²) in [5.74, 6) is 0. The van der Waals surface area contributed by atoms with Crippen molar-refractivity contribution in [2.24, 2.45) is 4.99 Å². The highest BCUT2D eigenvalue weighted by atomic mass is 19.4. The highest BCUT2D eigenvalue weighted by Gasteiger charge is 2.75. The number of allylic oxidation sites excluding steroid dienone is 1. The molecule has 1 nitrogen and oxygen atoms in total. The Bertz CT molecular complexity index is 1110. The van der Waals surface area contributed by atoms with Crippen molar-refractivity contribution in [1.82, 2.24) is 0 Å². The second-order valence-corrected chi connectivity index (χ2v) is 7.01. The molecule has 3 aromatic carbocycles. The van der Waals surface area contributed by atoms with Gasteiger partial charge in [0, 0.05) is 16.7 Å². The van der Waals surface area contributed by atoms with Crippen LogP contribution in [0.2, 0.25) is 0 Å². The average Bonchev–Trinajstić information content (AvgIpc) is 3.13. The molecule has 158 valence electrons. The van der Waals surface area contributed by atoms with Crippen LogP contribution >= 0.6 is 0 Å². The molecule has 0 saturated heterocycles. The summed E-state index contributed by atoms with van der Waals surface area (Å²) >= 11 is 0. The van der Waals surface area contributed by atoms with E-state index >= 15 is 0 Å². The minimum absolute atomic E-state index is 0.171. The van der Waals surface area contributed by atoms with Crippen molar-refractivity contribution in [3.05, 3.63) is 108 Å². The molecule has 0 fully saturated rings. The van der Waals surface area contributed by atoms with Crippen molar-refractivity contribution in [2.45, 2.75) is 17.9 Å². The van der Waals surface area contributed by atoms with Crippen molar-refractivity contribution in [3.8, 4) is 0 Å². The molecule has 0 aliphatic carbocycles. The Labute approximate surface area is 174 Å². The summed E-state index contributed by atoms with van der Waals surface area (Å²) in [4.78, 5) is 3.44. The van der Waals surface area contributed by atoms with Crippen LogP contribution in [0.15, 0.2) is 96.0 Å². The summed E-state index contributed by atoms with van der Waals surface area (Å²) in [6.45, 7) is 0. The molecule has 0 aromatic heterocycles. The molecule has 0 N–H and O–H groups in total. The average molecular weight is 431 g/mol. The molecular formula is C24H15F6N. The van der Waals surface area contributed by atoms with E-state index in [0.717, 1.165) is 0 Å². The minimum Gasteiger partial charge on any atom is -0.254 e. The summed E-state index contributed by atoms with van der Waals surface area (Å²) in [6, 6.07) is 22.2. The van der Waals surface area contributed by atoms with E-state index in [1.165, 1.54) is 54.6 Å². The number of nitrogens with zero attached hydrogens (tertiary/aromatic N) is 1. The van der Waals surface area contributed by atoms with Gasteiger partial charge in [-0.05, 0) is 11.1 Å². The molecule has 7 heteroatoms. The fraction of sp³-hybridized carbons (Fsp3) is 0.125. The van der Waals surface area contributed by atoms with E-state index in [9.17, 15) is 26.3 Å². The third-order valence-electron chi connectivity index (χ3n) is 5.12. The van der Waals surface area contributed by atoms with E-state index in [1.807, 2.05) is 0 Å². The van der Waals surface area contributed by atoms with Gasteiger partial charge in [-0.15, -0.1) is 0 Å². The number of benzene rings is 3. The zero-order chi connectivity index (χ0) is 22.3. The van der Waals surface area contributed by atoms with Crippen LogP contribution in [-0.2, 0) is 0 Å². The monoisotopic (exact) mass is 431 g/mol. The number of alkyl halides is 6. The van der Waals surface area contributed by atoms with Crippen LogP contribution in [-0.4, -0.2) is 23.6 Å². The van der Waals surface area contributed by atoms with Gasteiger partial charge in [0.1, 0.15) is 0 Å². The number of halogens is 6. The minimum atomic E-state index is -5.72. The van der Waals surface area contributed by atoms with Gasteiger partial charge in [-0.1, -0.05) is 91.0 Å². The lowest BCUT2D eigenvalue weighted by Crippen LogP contribution is -2.55. The predicted octanol–water partition coefficient (Wildman–Crippen LogP) is 6.96. The van der Waals surface area contributed by atoms with Crippen LogP contribution in [0, 0.1) is 0 Å². The Morgan fingerprint density at radius 2 is 0.903 bits per heavy atom. The molecule has 0 unspecified atom stereocenters. The Morgan fingerprint density at radius 3 is 1.32 bits per heavy atom. The number of hydrogen-bond donors (Lipinski definition) is 0. The van der Waals surface area contributed by atoms with E-state index in [-0.39, 0.29) is 28.0 Å². The highest BCUT2D eigenvalue weighted by Crippen LogP contribution is 2.59. The molecule has 1 aliphatic heterocycles. The number of hydrogen-bond acceptors (Lipinski definition) is 1. The van der Waals surface area contributed by atoms with Crippen LogP contribution < -0.4 is 0 Å². The van der Waals surface area contributed by atoms with Gasteiger partial charge in [0.25, 0.3) is 5.54 Å². The molecule has 31 heavy (non-hydrogen) atoms. The van der Waals surface area contributed by atoms with Gasteiger partial charge in [-0.2, -0.15) is 26.3 Å². The quantitative estimate of drug-likeness (QED) is 0.398. The third-order valence-corrected chi connectivity index (χ3v) is 5.12. The summed E-state index contributed by atoms with van der Waals surface area (Å²) in [7, 11) is 0. The van der Waals surface area contributed by atoms with E-state index in [0.29, 0.717) is 0 Å². The Balaban J connectivity index is 2.19.